The molecule has 1 rings (SSSR count). The van der Waals surface area contributed by atoms with E-state index in [-0.39, 0.29) is 0 Å². The molecule has 0 aromatic heterocycles. The highest BCUT2D eigenvalue weighted by Crippen LogP contribution is 2.10. The summed E-state index contributed by atoms with van der Waals surface area (Å²) in [5.41, 5.74) is 5.99. The van der Waals surface area contributed by atoms with E-state index >= 15 is 0 Å². The monoisotopic (exact) mass is 179 g/mol. The van der Waals surface area contributed by atoms with Gasteiger partial charge in [-0.25, -0.2) is 4.39 Å². The summed E-state index contributed by atoms with van der Waals surface area (Å²) in [6.45, 7) is 0.370. The van der Waals surface area contributed by atoms with Crippen LogP contribution in [0, 0.1) is 5.82 Å². The minimum Gasteiger partial charge on any atom is -0.327 e. The van der Waals surface area contributed by atoms with Gasteiger partial charge in [0.05, 0.1) is 0 Å². The van der Waals surface area contributed by atoms with Crippen LogP contribution in [0.5, 0.6) is 0 Å². The largest absolute Gasteiger partial charge is 0.327 e. The van der Waals surface area contributed by atoms with E-state index in [0.717, 1.165) is 0 Å². The van der Waals surface area contributed by atoms with Gasteiger partial charge in [0, 0.05) is 17.7 Å². The first kappa shape index (κ1) is 9.61. The number of halogens is 1. The van der Waals surface area contributed by atoms with E-state index in [9.17, 15) is 9.18 Å². The number of carbonyl (C=O) groups excluding carboxylic acids is 1. The maximum atomic E-state index is 13.1. The van der Waals surface area contributed by atoms with Gasteiger partial charge in [-0.2, -0.15) is 0 Å². The van der Waals surface area contributed by atoms with E-state index < -0.39 is 5.82 Å². The van der Waals surface area contributed by atoms with Gasteiger partial charge in [0.15, 0.2) is 0 Å². The molecule has 13 heavy (non-hydrogen) atoms. The van der Waals surface area contributed by atoms with E-state index in [1.807, 2.05) is 0 Å². The standard InChI is InChI=1S/C10H10FNO/c11-10-6-8(7-13)3-4-9(10)2-1-5-12/h1-4,6-7H,5,12H2. The number of nitrogens with two attached hydrogens (primary N) is 1. The third kappa shape index (κ3) is 2.49. The lowest BCUT2D eigenvalue weighted by atomic mass is 10.1. The molecule has 2 N–H and O–H groups in total. The van der Waals surface area contributed by atoms with Crippen LogP contribution in [0.1, 0.15) is 15.9 Å². The summed E-state index contributed by atoms with van der Waals surface area (Å²) in [6.07, 6.45) is 3.85. The average Bonchev–Trinajstić information content (AvgIpc) is 2.16. The second-order valence-electron chi connectivity index (χ2n) is 2.54. The van der Waals surface area contributed by atoms with Crippen molar-refractivity contribution in [3.8, 4) is 0 Å². The molecule has 3 heteroatoms. The lowest BCUT2D eigenvalue weighted by Gasteiger charge is -1.96. The molecule has 0 saturated heterocycles. The first-order valence-electron chi connectivity index (χ1n) is 3.89. The summed E-state index contributed by atoms with van der Waals surface area (Å²) in [5, 5.41) is 0. The van der Waals surface area contributed by atoms with E-state index in [0.29, 0.717) is 24.0 Å². The van der Waals surface area contributed by atoms with Gasteiger partial charge < -0.3 is 5.73 Å². The number of hydrogen-bond acceptors (Lipinski definition) is 2. The van der Waals surface area contributed by atoms with E-state index in [2.05, 4.69) is 0 Å². The summed E-state index contributed by atoms with van der Waals surface area (Å²) < 4.78 is 13.1. The van der Waals surface area contributed by atoms with Gasteiger partial charge in [0.1, 0.15) is 12.1 Å². The van der Waals surface area contributed by atoms with Crippen LogP contribution < -0.4 is 5.73 Å². The topological polar surface area (TPSA) is 43.1 Å². The first-order valence-corrected chi connectivity index (χ1v) is 3.89. The summed E-state index contributed by atoms with van der Waals surface area (Å²) in [4.78, 5) is 10.3. The van der Waals surface area contributed by atoms with Crippen molar-refractivity contribution >= 4 is 12.4 Å². The first-order chi connectivity index (χ1) is 6.27. The van der Waals surface area contributed by atoms with Crippen molar-refractivity contribution in [2.75, 3.05) is 6.54 Å². The molecule has 0 unspecified atom stereocenters. The molecule has 0 amide bonds. The van der Waals surface area contributed by atoms with Gasteiger partial charge in [-0.05, 0) is 6.07 Å². The zero-order valence-corrected chi connectivity index (χ0v) is 7.03. The Morgan fingerprint density at radius 1 is 1.46 bits per heavy atom. The minimum absolute atomic E-state index is 0.336. The third-order valence-electron chi connectivity index (χ3n) is 1.59. The van der Waals surface area contributed by atoms with Crippen molar-refractivity contribution in [3.63, 3.8) is 0 Å². The van der Waals surface area contributed by atoms with Crippen LogP contribution in [0.15, 0.2) is 24.3 Å². The molecule has 0 aliphatic carbocycles. The Labute approximate surface area is 75.9 Å². The van der Waals surface area contributed by atoms with Crippen LogP contribution in [-0.4, -0.2) is 12.8 Å². The van der Waals surface area contributed by atoms with Crippen LogP contribution in [0.3, 0.4) is 0 Å². The molecule has 0 atom stereocenters. The molecule has 0 bridgehead atoms. The van der Waals surface area contributed by atoms with Crippen molar-refractivity contribution in [1.29, 1.82) is 0 Å². The summed E-state index contributed by atoms with van der Waals surface area (Å²) in [5.74, 6) is -0.408. The van der Waals surface area contributed by atoms with Crippen LogP contribution >= 0.6 is 0 Å². The number of aldehydes is 1. The van der Waals surface area contributed by atoms with Crippen LogP contribution in [0.2, 0.25) is 0 Å². The van der Waals surface area contributed by atoms with Crippen LogP contribution in [0.25, 0.3) is 6.08 Å². The Hall–Kier alpha value is -1.48. The Kier molecular flexibility index (Phi) is 3.34. The third-order valence-corrected chi connectivity index (χ3v) is 1.59. The van der Waals surface area contributed by atoms with Crippen molar-refractivity contribution in [2.45, 2.75) is 0 Å². The molecule has 0 heterocycles. The Bertz CT molecular complexity index is 334. The fraction of sp³-hybridized carbons (Fsp3) is 0.100. The van der Waals surface area contributed by atoms with Gasteiger partial charge >= 0.3 is 0 Å². The lowest BCUT2D eigenvalue weighted by molar-refractivity contribution is 0.112. The number of hydrogen-bond donors (Lipinski definition) is 1. The van der Waals surface area contributed by atoms with Crippen molar-refractivity contribution in [2.24, 2.45) is 5.73 Å². The maximum absolute atomic E-state index is 13.1. The fourth-order valence-electron chi connectivity index (χ4n) is 0.947. The summed E-state index contributed by atoms with van der Waals surface area (Å²) in [6, 6.07) is 4.31. The van der Waals surface area contributed by atoms with Gasteiger partial charge in [0.2, 0.25) is 0 Å². The summed E-state index contributed by atoms with van der Waals surface area (Å²) >= 11 is 0. The molecular formula is C10H10FNO. The quantitative estimate of drug-likeness (QED) is 0.716. The van der Waals surface area contributed by atoms with Gasteiger partial charge in [-0.1, -0.05) is 24.3 Å². The van der Waals surface area contributed by atoms with Crippen molar-refractivity contribution in [1.82, 2.24) is 0 Å². The van der Waals surface area contributed by atoms with Crippen molar-refractivity contribution in [3.05, 3.63) is 41.2 Å². The highest BCUT2D eigenvalue weighted by atomic mass is 19.1. The molecule has 1 aromatic rings. The molecule has 1 aromatic carbocycles. The molecule has 0 saturated carbocycles. The molecule has 0 aliphatic rings. The highest BCUT2D eigenvalue weighted by Gasteiger charge is 1.98. The van der Waals surface area contributed by atoms with Crippen LogP contribution in [0.4, 0.5) is 4.39 Å². The smallest absolute Gasteiger partial charge is 0.150 e. The molecule has 0 spiro atoms. The molecule has 2 nitrogen and oxygen atoms in total. The molecule has 0 fully saturated rings. The second-order valence-corrected chi connectivity index (χ2v) is 2.54. The SMILES string of the molecule is NCC=Cc1ccc(C=O)cc1F. The van der Waals surface area contributed by atoms with Crippen LogP contribution in [-0.2, 0) is 0 Å². The second kappa shape index (κ2) is 4.52. The zero-order chi connectivity index (χ0) is 9.68. The normalized spacial score (nSPS) is 10.6. The number of rotatable bonds is 3. The predicted octanol–water partition coefficient (Wildman–Crippen LogP) is 1.61. The summed E-state index contributed by atoms with van der Waals surface area (Å²) in [7, 11) is 0. The average molecular weight is 179 g/mol. The van der Waals surface area contributed by atoms with E-state index in [1.54, 1.807) is 24.3 Å². The van der Waals surface area contributed by atoms with Gasteiger partial charge in [0.25, 0.3) is 0 Å². The lowest BCUT2D eigenvalue weighted by Crippen LogP contribution is -1.93. The Morgan fingerprint density at radius 3 is 2.77 bits per heavy atom. The Morgan fingerprint density at radius 2 is 2.23 bits per heavy atom. The zero-order valence-electron chi connectivity index (χ0n) is 7.03. The molecule has 0 aliphatic heterocycles. The minimum atomic E-state index is -0.408. The maximum Gasteiger partial charge on any atom is 0.150 e. The molecule has 68 valence electrons. The molecular weight excluding hydrogens is 169 g/mol. The Balaban J connectivity index is 2.98. The number of benzene rings is 1. The van der Waals surface area contributed by atoms with Crippen molar-refractivity contribution < 1.29 is 9.18 Å². The van der Waals surface area contributed by atoms with E-state index in [1.165, 1.54) is 6.07 Å². The van der Waals surface area contributed by atoms with Gasteiger partial charge in [-0.3, -0.25) is 4.79 Å². The van der Waals surface area contributed by atoms with Gasteiger partial charge in [-0.15, -0.1) is 0 Å². The predicted molar refractivity (Wildman–Crippen MR) is 49.9 cm³/mol. The highest BCUT2D eigenvalue weighted by molar-refractivity contribution is 5.75. The number of carbonyl (C=O) groups is 1. The van der Waals surface area contributed by atoms with E-state index in [4.69, 9.17) is 5.73 Å². The molecule has 0 radical (unpaired) electrons. The fourth-order valence-corrected chi connectivity index (χ4v) is 0.947.